The number of amides is 1. The van der Waals surface area contributed by atoms with Gasteiger partial charge in [0.05, 0.1) is 0 Å². The Morgan fingerprint density at radius 3 is 2.67 bits per heavy atom. The maximum Gasteiger partial charge on any atom is 0.246 e. The summed E-state index contributed by atoms with van der Waals surface area (Å²) in [5.74, 6) is -0.258. The Morgan fingerprint density at radius 1 is 1.21 bits per heavy atom. The summed E-state index contributed by atoms with van der Waals surface area (Å²) < 4.78 is 13.9. The van der Waals surface area contributed by atoms with Crippen LogP contribution in [-0.2, 0) is 11.3 Å². The molecule has 1 aliphatic rings. The van der Waals surface area contributed by atoms with Gasteiger partial charge in [0.25, 0.3) is 0 Å². The van der Waals surface area contributed by atoms with Gasteiger partial charge in [-0.3, -0.25) is 9.69 Å². The number of hydrogen-bond donors (Lipinski definition) is 0. The predicted octanol–water partition coefficient (Wildman–Crippen LogP) is 3.90. The van der Waals surface area contributed by atoms with Crippen molar-refractivity contribution in [2.45, 2.75) is 6.54 Å². The minimum absolute atomic E-state index is 0.0203. The summed E-state index contributed by atoms with van der Waals surface area (Å²) in [4.78, 5) is 17.2. The lowest BCUT2D eigenvalue weighted by molar-refractivity contribution is -0.127. The third-order valence-corrected chi connectivity index (χ3v) is 5.25. The van der Waals surface area contributed by atoms with E-state index in [1.54, 1.807) is 29.5 Å². The van der Waals surface area contributed by atoms with Crippen LogP contribution in [0.2, 0.25) is 5.02 Å². The zero-order valence-electron chi connectivity index (χ0n) is 13.1. The van der Waals surface area contributed by atoms with Gasteiger partial charge < -0.3 is 4.90 Å². The smallest absolute Gasteiger partial charge is 0.246 e. The molecule has 0 saturated carbocycles. The van der Waals surface area contributed by atoms with Gasteiger partial charge >= 0.3 is 0 Å². The van der Waals surface area contributed by atoms with Crippen LogP contribution in [0.4, 0.5) is 4.39 Å². The second kappa shape index (κ2) is 7.92. The molecule has 1 fully saturated rings. The molecule has 0 spiro atoms. The Bertz CT molecular complexity index is 704. The highest BCUT2D eigenvalue weighted by Gasteiger charge is 2.21. The minimum Gasteiger partial charge on any atom is -0.337 e. The third kappa shape index (κ3) is 4.23. The fraction of sp³-hybridized carbons (Fsp3) is 0.278. The minimum atomic E-state index is -0.278. The second-order valence-electron chi connectivity index (χ2n) is 5.65. The van der Waals surface area contributed by atoms with Gasteiger partial charge in [-0.05, 0) is 29.7 Å². The van der Waals surface area contributed by atoms with E-state index in [2.05, 4.69) is 4.90 Å². The van der Waals surface area contributed by atoms with E-state index in [1.807, 2.05) is 28.5 Å². The van der Waals surface area contributed by atoms with Gasteiger partial charge in [-0.25, -0.2) is 4.39 Å². The van der Waals surface area contributed by atoms with Crippen LogP contribution in [-0.4, -0.2) is 41.9 Å². The van der Waals surface area contributed by atoms with Crippen molar-refractivity contribution in [3.63, 3.8) is 0 Å². The van der Waals surface area contributed by atoms with E-state index < -0.39 is 0 Å². The molecule has 24 heavy (non-hydrogen) atoms. The number of benzene rings is 1. The summed E-state index contributed by atoms with van der Waals surface area (Å²) in [6.07, 6.45) is 3.47. The van der Waals surface area contributed by atoms with Gasteiger partial charge in [0.15, 0.2) is 0 Å². The third-order valence-electron chi connectivity index (χ3n) is 4.06. The van der Waals surface area contributed by atoms with Crippen LogP contribution in [0.1, 0.15) is 10.4 Å². The first-order valence-electron chi connectivity index (χ1n) is 7.79. The molecule has 0 unspecified atom stereocenters. The molecule has 1 aromatic heterocycles. The van der Waals surface area contributed by atoms with E-state index >= 15 is 0 Å². The summed E-state index contributed by atoms with van der Waals surface area (Å²) in [5, 5.41) is 2.43. The molecule has 2 heterocycles. The molecule has 126 valence electrons. The van der Waals surface area contributed by atoms with Crippen LogP contribution < -0.4 is 0 Å². The molecule has 1 amide bonds. The van der Waals surface area contributed by atoms with Crippen LogP contribution in [0.3, 0.4) is 0 Å². The normalized spacial score (nSPS) is 16.0. The molecular weight excluding hydrogens is 347 g/mol. The van der Waals surface area contributed by atoms with Crippen LogP contribution in [0.25, 0.3) is 6.08 Å². The Morgan fingerprint density at radius 2 is 2.00 bits per heavy atom. The molecule has 0 bridgehead atoms. The molecule has 1 aliphatic heterocycles. The number of carbonyl (C=O) groups is 1. The van der Waals surface area contributed by atoms with Crippen molar-refractivity contribution >= 4 is 34.9 Å². The molecule has 3 rings (SSSR count). The van der Waals surface area contributed by atoms with Crippen molar-refractivity contribution in [2.24, 2.45) is 0 Å². The first-order chi connectivity index (χ1) is 11.6. The van der Waals surface area contributed by atoms with Crippen LogP contribution in [0.15, 0.2) is 41.8 Å². The van der Waals surface area contributed by atoms with Crippen molar-refractivity contribution < 1.29 is 9.18 Å². The molecule has 1 aromatic carbocycles. The average Bonchev–Trinajstić information content (AvgIpc) is 3.10. The van der Waals surface area contributed by atoms with E-state index in [9.17, 15) is 9.18 Å². The average molecular weight is 365 g/mol. The Hall–Kier alpha value is -1.69. The zero-order valence-corrected chi connectivity index (χ0v) is 14.7. The van der Waals surface area contributed by atoms with Crippen LogP contribution >= 0.6 is 22.9 Å². The second-order valence-corrected chi connectivity index (χ2v) is 7.04. The van der Waals surface area contributed by atoms with Crippen LogP contribution in [0, 0.1) is 5.82 Å². The molecule has 0 N–H and O–H groups in total. The van der Waals surface area contributed by atoms with Crippen molar-refractivity contribution in [3.05, 3.63) is 63.1 Å². The van der Waals surface area contributed by atoms with Crippen molar-refractivity contribution in [1.82, 2.24) is 9.80 Å². The molecule has 3 nitrogen and oxygen atoms in total. The Kier molecular flexibility index (Phi) is 5.66. The number of halogens is 2. The number of nitrogens with zero attached hydrogens (tertiary/aromatic N) is 2. The predicted molar refractivity (Wildman–Crippen MR) is 96.6 cm³/mol. The monoisotopic (exact) mass is 364 g/mol. The molecule has 6 heteroatoms. The standard InChI is InChI=1S/C18H18ClFN2OS/c19-16-4-1-5-17(20)15(16)13-21-8-10-22(11-9-21)18(23)7-6-14-3-2-12-24-14/h1-7,12H,8-11,13H2/b7-6+. The highest BCUT2D eigenvalue weighted by Crippen LogP contribution is 2.21. The van der Waals surface area contributed by atoms with E-state index in [4.69, 9.17) is 11.6 Å². The van der Waals surface area contributed by atoms with Crippen LogP contribution in [0.5, 0.6) is 0 Å². The highest BCUT2D eigenvalue weighted by atomic mass is 35.5. The largest absolute Gasteiger partial charge is 0.337 e. The first-order valence-corrected chi connectivity index (χ1v) is 9.05. The Labute approximate surface area is 150 Å². The summed E-state index contributed by atoms with van der Waals surface area (Å²) in [6, 6.07) is 8.68. The van der Waals surface area contributed by atoms with Gasteiger partial charge in [0.2, 0.25) is 5.91 Å². The molecule has 1 saturated heterocycles. The number of thiophene rings is 1. The van der Waals surface area contributed by atoms with Crippen molar-refractivity contribution in [2.75, 3.05) is 26.2 Å². The summed E-state index contributed by atoms with van der Waals surface area (Å²) in [5.41, 5.74) is 0.525. The van der Waals surface area contributed by atoms with Gasteiger partial charge in [-0.1, -0.05) is 23.7 Å². The zero-order chi connectivity index (χ0) is 16.9. The number of carbonyl (C=O) groups excluding carboxylic acids is 1. The van der Waals surface area contributed by atoms with Gasteiger partial charge in [-0.15, -0.1) is 11.3 Å². The van der Waals surface area contributed by atoms with E-state index in [0.717, 1.165) is 4.88 Å². The highest BCUT2D eigenvalue weighted by molar-refractivity contribution is 7.10. The lowest BCUT2D eigenvalue weighted by Gasteiger charge is -2.34. The fourth-order valence-electron chi connectivity index (χ4n) is 2.68. The SMILES string of the molecule is O=C(/C=C/c1cccs1)N1CCN(Cc2c(F)cccc2Cl)CC1. The quantitative estimate of drug-likeness (QED) is 0.768. The number of rotatable bonds is 4. The molecule has 2 aromatic rings. The van der Waals surface area contributed by atoms with E-state index in [1.165, 1.54) is 6.07 Å². The van der Waals surface area contributed by atoms with E-state index in [-0.39, 0.29) is 11.7 Å². The van der Waals surface area contributed by atoms with Gasteiger partial charge in [0.1, 0.15) is 5.82 Å². The summed E-state index contributed by atoms with van der Waals surface area (Å²) >= 11 is 7.68. The van der Waals surface area contributed by atoms with Gasteiger partial charge in [-0.2, -0.15) is 0 Å². The van der Waals surface area contributed by atoms with Crippen molar-refractivity contribution in [1.29, 1.82) is 0 Å². The maximum absolute atomic E-state index is 13.9. The maximum atomic E-state index is 13.9. The van der Waals surface area contributed by atoms with Crippen molar-refractivity contribution in [3.8, 4) is 0 Å². The topological polar surface area (TPSA) is 23.6 Å². The molecule has 0 radical (unpaired) electrons. The Balaban J connectivity index is 1.53. The summed E-state index contributed by atoms with van der Waals surface area (Å²) in [6.45, 7) is 3.17. The first kappa shape index (κ1) is 17.1. The molecular formula is C18H18ClFN2OS. The lowest BCUT2D eigenvalue weighted by atomic mass is 10.2. The van der Waals surface area contributed by atoms with E-state index in [0.29, 0.717) is 43.3 Å². The molecule has 0 aliphatic carbocycles. The number of hydrogen-bond acceptors (Lipinski definition) is 3. The number of piperazine rings is 1. The fourth-order valence-corrected chi connectivity index (χ4v) is 3.52. The summed E-state index contributed by atoms with van der Waals surface area (Å²) in [7, 11) is 0. The lowest BCUT2D eigenvalue weighted by Crippen LogP contribution is -2.47. The van der Waals surface area contributed by atoms with Gasteiger partial charge in [0, 0.05) is 54.3 Å². The molecule has 0 atom stereocenters.